The van der Waals surface area contributed by atoms with Crippen molar-refractivity contribution in [3.63, 3.8) is 0 Å². The zero-order valence-electron chi connectivity index (χ0n) is 14.0. The Hall–Kier alpha value is -2.01. The van der Waals surface area contributed by atoms with Crippen LogP contribution >= 0.6 is 0 Å². The molecule has 1 aliphatic heterocycles. The van der Waals surface area contributed by atoms with Crippen LogP contribution in [0.1, 0.15) is 24.3 Å². The summed E-state index contributed by atoms with van der Waals surface area (Å²) >= 11 is 0. The van der Waals surface area contributed by atoms with Crippen LogP contribution in [0, 0.1) is 0 Å². The number of alkyl halides is 3. The zero-order chi connectivity index (χ0) is 19.3. The van der Waals surface area contributed by atoms with Gasteiger partial charge in [-0.15, -0.1) is 0 Å². The molecule has 0 spiro atoms. The Morgan fingerprint density at radius 1 is 1.15 bits per heavy atom. The third kappa shape index (κ3) is 3.09. The van der Waals surface area contributed by atoms with Gasteiger partial charge in [0.25, 0.3) is 0 Å². The van der Waals surface area contributed by atoms with Gasteiger partial charge in [-0.2, -0.15) is 21.6 Å². The summed E-state index contributed by atoms with van der Waals surface area (Å²) in [4.78, 5) is 12.2. The van der Waals surface area contributed by atoms with E-state index in [1.165, 1.54) is 22.2 Å². The Morgan fingerprint density at radius 3 is 2.35 bits per heavy atom. The maximum atomic E-state index is 12.6. The molecule has 0 N–H and O–H groups in total. The Balaban J connectivity index is 2.20. The van der Waals surface area contributed by atoms with Crippen molar-refractivity contribution in [2.45, 2.75) is 24.3 Å². The van der Waals surface area contributed by atoms with Gasteiger partial charge in [-0.05, 0) is 30.4 Å². The molecule has 3 rings (SSSR count). The fourth-order valence-electron chi connectivity index (χ4n) is 3.20. The highest BCUT2D eigenvalue weighted by atomic mass is 32.2. The van der Waals surface area contributed by atoms with Gasteiger partial charge in [0.15, 0.2) is 0 Å². The number of imidazole rings is 1. The smallest absolute Gasteiger partial charge is 0.381 e. The zero-order valence-corrected chi connectivity index (χ0v) is 14.9. The molecule has 0 aliphatic carbocycles. The molecule has 0 radical (unpaired) electrons. The van der Waals surface area contributed by atoms with Crippen LogP contribution in [0.25, 0.3) is 11.0 Å². The van der Waals surface area contributed by atoms with Crippen LogP contribution in [0.15, 0.2) is 16.9 Å². The molecule has 1 aromatic carbocycles. The van der Waals surface area contributed by atoms with E-state index < -0.39 is 21.4 Å². The van der Waals surface area contributed by atoms with Crippen molar-refractivity contribution < 1.29 is 30.5 Å². The van der Waals surface area contributed by atoms with Crippen molar-refractivity contribution in [3.05, 3.63) is 28.2 Å². The van der Waals surface area contributed by atoms with Gasteiger partial charge in [-0.1, -0.05) is 0 Å². The molecule has 0 atom stereocenters. The number of halogens is 3. The molecule has 0 unspecified atom stereocenters. The Bertz CT molecular complexity index is 1000. The molecule has 0 amide bonds. The van der Waals surface area contributed by atoms with Crippen molar-refractivity contribution in [1.82, 2.24) is 9.13 Å². The van der Waals surface area contributed by atoms with E-state index in [-0.39, 0.29) is 11.6 Å². The number of fused-ring (bicyclic) bond motifs is 1. The summed E-state index contributed by atoms with van der Waals surface area (Å²) < 4.78 is 72.9. The van der Waals surface area contributed by atoms with Crippen LogP contribution < -0.4 is 9.87 Å². The Labute approximate surface area is 147 Å². The average Bonchev–Trinajstić information content (AvgIpc) is 2.78. The first kappa shape index (κ1) is 18.8. The number of nitrogens with zero attached hydrogens (tertiary/aromatic N) is 2. The van der Waals surface area contributed by atoms with Gasteiger partial charge in [0.05, 0.1) is 11.0 Å². The molecule has 144 valence electrons. The molecule has 11 heteroatoms. The predicted molar refractivity (Wildman–Crippen MR) is 86.6 cm³/mol. The third-order valence-electron chi connectivity index (χ3n) is 4.51. The molecular weight excluding hydrogens is 377 g/mol. The number of benzene rings is 1. The van der Waals surface area contributed by atoms with Crippen molar-refractivity contribution >= 4 is 21.2 Å². The summed E-state index contributed by atoms with van der Waals surface area (Å²) in [5.74, 6) is -0.561. The topological polar surface area (TPSA) is 79.5 Å². The maximum Gasteiger partial charge on any atom is 0.534 e. The summed E-state index contributed by atoms with van der Waals surface area (Å²) in [6.07, 6.45) is 1.21. The van der Waals surface area contributed by atoms with E-state index in [1.54, 1.807) is 7.05 Å². The van der Waals surface area contributed by atoms with E-state index in [9.17, 15) is 26.4 Å². The lowest BCUT2D eigenvalue weighted by molar-refractivity contribution is -0.0500. The minimum Gasteiger partial charge on any atom is -0.381 e. The average molecular weight is 394 g/mol. The van der Waals surface area contributed by atoms with Crippen LogP contribution in [0.4, 0.5) is 13.2 Å². The minimum atomic E-state index is -5.80. The van der Waals surface area contributed by atoms with Crippen LogP contribution in [-0.2, 0) is 29.0 Å². The highest BCUT2D eigenvalue weighted by Crippen LogP contribution is 2.36. The number of hydrogen-bond acceptors (Lipinski definition) is 5. The summed E-state index contributed by atoms with van der Waals surface area (Å²) in [5.41, 5.74) is -4.50. The van der Waals surface area contributed by atoms with E-state index in [4.69, 9.17) is 4.74 Å². The molecular formula is C15H17F3N2O5S. The summed E-state index contributed by atoms with van der Waals surface area (Å²) in [6, 6.07) is 2.39. The van der Waals surface area contributed by atoms with Crippen molar-refractivity contribution in [3.8, 4) is 5.75 Å². The molecule has 7 nitrogen and oxygen atoms in total. The highest BCUT2D eigenvalue weighted by Gasteiger charge is 2.48. The van der Waals surface area contributed by atoms with Gasteiger partial charge >= 0.3 is 21.3 Å². The molecule has 0 saturated carbocycles. The second-order valence-corrected chi connectivity index (χ2v) is 7.69. The Kier molecular flexibility index (Phi) is 4.55. The van der Waals surface area contributed by atoms with Crippen LogP contribution in [0.5, 0.6) is 5.75 Å². The molecule has 1 aromatic heterocycles. The van der Waals surface area contributed by atoms with E-state index in [2.05, 4.69) is 4.18 Å². The maximum absolute atomic E-state index is 12.6. The lowest BCUT2D eigenvalue weighted by Crippen LogP contribution is -2.28. The SMILES string of the molecule is Cn1c(=O)n(C)c2c(C3CCOCC3)cc(OS(=O)(=O)C(F)(F)F)cc21. The first-order valence-electron chi connectivity index (χ1n) is 7.81. The van der Waals surface area contributed by atoms with Gasteiger partial charge in [-0.3, -0.25) is 9.13 Å². The van der Waals surface area contributed by atoms with Crippen molar-refractivity contribution in [2.75, 3.05) is 13.2 Å². The molecule has 0 bridgehead atoms. The Morgan fingerprint density at radius 2 is 1.77 bits per heavy atom. The number of hydrogen-bond donors (Lipinski definition) is 0. The minimum absolute atomic E-state index is 0.0867. The van der Waals surface area contributed by atoms with E-state index in [0.29, 0.717) is 42.7 Å². The number of ether oxygens (including phenoxy) is 1. The van der Waals surface area contributed by atoms with Crippen LogP contribution in [0.2, 0.25) is 0 Å². The predicted octanol–water partition coefficient (Wildman–Crippen LogP) is 2.00. The van der Waals surface area contributed by atoms with Gasteiger partial charge < -0.3 is 8.92 Å². The molecule has 26 heavy (non-hydrogen) atoms. The second-order valence-electron chi connectivity index (χ2n) is 6.15. The van der Waals surface area contributed by atoms with Gasteiger partial charge in [-0.25, -0.2) is 4.79 Å². The molecule has 1 saturated heterocycles. The fraction of sp³-hybridized carbons (Fsp3) is 0.533. The highest BCUT2D eigenvalue weighted by molar-refractivity contribution is 7.88. The summed E-state index contributed by atoms with van der Waals surface area (Å²) in [7, 11) is -2.79. The van der Waals surface area contributed by atoms with Crippen molar-refractivity contribution in [1.29, 1.82) is 0 Å². The molecule has 1 aliphatic rings. The van der Waals surface area contributed by atoms with Crippen LogP contribution in [0.3, 0.4) is 0 Å². The first-order chi connectivity index (χ1) is 12.0. The number of aryl methyl sites for hydroxylation is 2. The summed E-state index contributed by atoms with van der Waals surface area (Å²) in [5, 5.41) is 0. The van der Waals surface area contributed by atoms with Crippen molar-refractivity contribution in [2.24, 2.45) is 14.1 Å². The van der Waals surface area contributed by atoms with E-state index >= 15 is 0 Å². The van der Waals surface area contributed by atoms with Gasteiger partial charge in [0, 0.05) is 33.4 Å². The van der Waals surface area contributed by atoms with E-state index in [1.807, 2.05) is 0 Å². The van der Waals surface area contributed by atoms with E-state index in [0.717, 1.165) is 6.07 Å². The largest absolute Gasteiger partial charge is 0.534 e. The lowest BCUT2D eigenvalue weighted by Gasteiger charge is -2.24. The van der Waals surface area contributed by atoms with Crippen LogP contribution in [-0.4, -0.2) is 36.3 Å². The molecule has 2 aromatic rings. The monoisotopic (exact) mass is 394 g/mol. The number of aromatic nitrogens is 2. The normalized spacial score (nSPS) is 17.0. The summed E-state index contributed by atoms with van der Waals surface area (Å²) in [6.45, 7) is 0.942. The van der Waals surface area contributed by atoms with Gasteiger partial charge in [0.1, 0.15) is 5.75 Å². The third-order valence-corrected chi connectivity index (χ3v) is 5.49. The standard InChI is InChI=1S/C15H17F3N2O5S/c1-19-12-8-10(25-26(22,23)15(16,17)18)7-11(9-3-5-24-6-4-9)13(12)20(2)14(19)21/h7-9H,3-6H2,1-2H3. The first-order valence-corrected chi connectivity index (χ1v) is 9.21. The lowest BCUT2D eigenvalue weighted by atomic mass is 9.90. The molecule has 1 fully saturated rings. The molecule has 2 heterocycles. The fourth-order valence-corrected chi connectivity index (χ4v) is 3.65. The second kappa shape index (κ2) is 6.31. The quantitative estimate of drug-likeness (QED) is 0.588. The number of rotatable bonds is 3. The van der Waals surface area contributed by atoms with Gasteiger partial charge in [0.2, 0.25) is 0 Å².